The number of aromatic nitrogens is 2. The lowest BCUT2D eigenvalue weighted by atomic mass is 9.99. The fourth-order valence-electron chi connectivity index (χ4n) is 5.01. The van der Waals surface area contributed by atoms with Gasteiger partial charge >= 0.3 is 0 Å². The van der Waals surface area contributed by atoms with E-state index in [4.69, 9.17) is 20.7 Å². The highest BCUT2D eigenvalue weighted by atomic mass is 35.5. The molecule has 4 aromatic rings. The molecule has 1 amide bonds. The highest BCUT2D eigenvalue weighted by Crippen LogP contribution is 2.31. The lowest BCUT2D eigenvalue weighted by Gasteiger charge is -2.32. The zero-order valence-corrected chi connectivity index (χ0v) is 24.5. The van der Waals surface area contributed by atoms with Gasteiger partial charge in [0, 0.05) is 31.7 Å². The number of nitriles is 1. The predicted octanol–water partition coefficient (Wildman–Crippen LogP) is 3.96. The number of nitrogens with two attached hydrogens (primary N) is 1. The molecule has 222 valence electrons. The second-order valence-electron chi connectivity index (χ2n) is 10.4. The van der Waals surface area contributed by atoms with Crippen molar-refractivity contribution in [3.63, 3.8) is 0 Å². The van der Waals surface area contributed by atoms with Crippen molar-refractivity contribution in [3.8, 4) is 34.2 Å². The van der Waals surface area contributed by atoms with Gasteiger partial charge < -0.3 is 15.4 Å². The number of hydrogen-bond donors (Lipinski definition) is 3. The number of anilines is 1. The van der Waals surface area contributed by atoms with Crippen LogP contribution in [0.3, 0.4) is 0 Å². The number of hydroxylamine groups is 1. The zero-order valence-electron chi connectivity index (χ0n) is 23.7. The molecule has 1 saturated heterocycles. The molecule has 1 aliphatic heterocycles. The maximum atomic E-state index is 13.9. The molecule has 2 heterocycles. The van der Waals surface area contributed by atoms with Crippen LogP contribution >= 0.6 is 12.4 Å². The average molecular weight is 601 g/mol. The Labute approximate surface area is 255 Å². The summed E-state index contributed by atoms with van der Waals surface area (Å²) in [6.07, 6.45) is 1.75. The molecule has 11 heteroatoms. The van der Waals surface area contributed by atoms with Gasteiger partial charge in [-0.2, -0.15) is 5.26 Å². The number of piperidine rings is 1. The molecule has 3 aromatic carbocycles. The van der Waals surface area contributed by atoms with E-state index in [1.807, 2.05) is 60.7 Å². The Morgan fingerprint density at radius 1 is 1.02 bits per heavy atom. The molecule has 0 bridgehead atoms. The minimum atomic E-state index is -0.475. The SMILES string of the molecule is Cl.Cn1c(N2CCC(N)CC2)nc(-c2ccc(C#N)cc2)c(-c2ccc(OCc3ccc(CC(=O)NO)cc3)cc2)c1=O. The first-order valence-corrected chi connectivity index (χ1v) is 13.7. The van der Waals surface area contributed by atoms with Gasteiger partial charge in [-0.25, -0.2) is 10.5 Å². The Kier molecular flexibility index (Phi) is 10.2. The van der Waals surface area contributed by atoms with Crippen LogP contribution in [0.25, 0.3) is 22.4 Å². The molecule has 0 unspecified atom stereocenters. The van der Waals surface area contributed by atoms with Crippen molar-refractivity contribution in [3.05, 3.63) is 99.8 Å². The molecule has 0 saturated carbocycles. The average Bonchev–Trinajstić information content (AvgIpc) is 3.03. The van der Waals surface area contributed by atoms with Gasteiger partial charge in [0.05, 0.1) is 29.3 Å². The van der Waals surface area contributed by atoms with Crippen molar-refractivity contribution in [2.75, 3.05) is 18.0 Å². The Morgan fingerprint density at radius 2 is 1.63 bits per heavy atom. The Hall–Kier alpha value is -4.69. The standard InChI is InChI=1S/C32H32N6O4.ClH/c1-37-31(40)29(24-10-12-27(13-11-24)42-20-23-4-2-21(3-5-23)18-28(39)36-41)30(25-8-6-22(19-33)7-9-25)35-32(37)38-16-14-26(34)15-17-38;/h2-13,26,41H,14-18,20,34H2,1H3,(H,36,39);1H. The number of benzene rings is 3. The number of rotatable bonds is 8. The second kappa shape index (κ2) is 14.0. The predicted molar refractivity (Wildman–Crippen MR) is 166 cm³/mol. The topological polar surface area (TPSA) is 146 Å². The monoisotopic (exact) mass is 600 g/mol. The highest BCUT2D eigenvalue weighted by Gasteiger charge is 2.24. The number of nitrogens with one attached hydrogen (secondary N) is 1. The zero-order chi connectivity index (χ0) is 29.6. The number of hydrogen-bond acceptors (Lipinski definition) is 8. The van der Waals surface area contributed by atoms with Crippen LogP contribution in [-0.2, 0) is 24.9 Å². The number of carbonyl (C=O) groups is 1. The van der Waals surface area contributed by atoms with Gasteiger partial charge in [-0.05, 0) is 53.8 Å². The number of carbonyl (C=O) groups excluding carboxylic acids is 1. The molecule has 0 spiro atoms. The summed E-state index contributed by atoms with van der Waals surface area (Å²) >= 11 is 0. The van der Waals surface area contributed by atoms with Crippen molar-refractivity contribution >= 4 is 24.3 Å². The van der Waals surface area contributed by atoms with E-state index in [0.29, 0.717) is 40.7 Å². The molecule has 1 aliphatic rings. The van der Waals surface area contributed by atoms with E-state index in [1.165, 1.54) is 0 Å². The van der Waals surface area contributed by atoms with Crippen molar-refractivity contribution in [2.24, 2.45) is 12.8 Å². The van der Waals surface area contributed by atoms with Gasteiger partial charge in [0.15, 0.2) is 0 Å². The van der Waals surface area contributed by atoms with E-state index in [9.17, 15) is 14.9 Å². The van der Waals surface area contributed by atoms with E-state index < -0.39 is 5.91 Å². The molecule has 1 fully saturated rings. The Bertz CT molecular complexity index is 1660. The maximum Gasteiger partial charge on any atom is 0.263 e. The first-order valence-electron chi connectivity index (χ1n) is 13.7. The van der Waals surface area contributed by atoms with Crippen molar-refractivity contribution in [1.29, 1.82) is 5.26 Å². The first kappa shape index (κ1) is 31.3. The summed E-state index contributed by atoms with van der Waals surface area (Å²) in [6, 6.07) is 24.1. The largest absolute Gasteiger partial charge is 0.489 e. The van der Waals surface area contributed by atoms with Crippen LogP contribution in [0.1, 0.15) is 29.5 Å². The normalized spacial score (nSPS) is 13.1. The maximum absolute atomic E-state index is 13.9. The number of amides is 1. The summed E-state index contributed by atoms with van der Waals surface area (Å²) in [5, 5.41) is 18.0. The van der Waals surface area contributed by atoms with Gasteiger partial charge in [0.2, 0.25) is 11.9 Å². The van der Waals surface area contributed by atoms with E-state index in [1.54, 1.807) is 29.2 Å². The fourth-order valence-corrected chi connectivity index (χ4v) is 5.01. The van der Waals surface area contributed by atoms with E-state index >= 15 is 0 Å². The van der Waals surface area contributed by atoms with Gasteiger partial charge in [-0.1, -0.05) is 48.5 Å². The van der Waals surface area contributed by atoms with Crippen LogP contribution in [0.2, 0.25) is 0 Å². The fraction of sp³-hybridized carbons (Fsp3) is 0.250. The third-order valence-corrected chi connectivity index (χ3v) is 7.44. The van der Waals surface area contributed by atoms with Gasteiger partial charge in [0.1, 0.15) is 12.4 Å². The molecule has 0 atom stereocenters. The van der Waals surface area contributed by atoms with Crippen molar-refractivity contribution < 1.29 is 14.7 Å². The molecule has 10 nitrogen and oxygen atoms in total. The Morgan fingerprint density at radius 3 is 2.23 bits per heavy atom. The molecule has 4 N–H and O–H groups in total. The summed E-state index contributed by atoms with van der Waals surface area (Å²) in [7, 11) is 1.74. The lowest BCUT2D eigenvalue weighted by Crippen LogP contribution is -2.42. The van der Waals surface area contributed by atoms with Crippen LogP contribution in [0.15, 0.2) is 77.6 Å². The van der Waals surface area contributed by atoms with Crippen molar-refractivity contribution in [2.45, 2.75) is 31.9 Å². The summed E-state index contributed by atoms with van der Waals surface area (Å²) in [6.45, 7) is 1.76. The molecule has 5 rings (SSSR count). The van der Waals surface area contributed by atoms with E-state index in [2.05, 4.69) is 11.0 Å². The third kappa shape index (κ3) is 7.21. The van der Waals surface area contributed by atoms with Crippen molar-refractivity contribution in [1.82, 2.24) is 15.0 Å². The van der Waals surface area contributed by atoms with Gasteiger partial charge in [-0.15, -0.1) is 12.4 Å². The quantitative estimate of drug-likeness (QED) is 0.203. The van der Waals surface area contributed by atoms with Gasteiger partial charge in [-0.3, -0.25) is 19.4 Å². The highest BCUT2D eigenvalue weighted by molar-refractivity contribution is 5.85. The smallest absolute Gasteiger partial charge is 0.263 e. The molecular formula is C32H33ClN6O4. The second-order valence-corrected chi connectivity index (χ2v) is 10.4. The van der Waals surface area contributed by atoms with Crippen LogP contribution in [0.4, 0.5) is 5.95 Å². The molecule has 1 aromatic heterocycles. The van der Waals surface area contributed by atoms with Crippen LogP contribution in [-0.4, -0.2) is 39.8 Å². The lowest BCUT2D eigenvalue weighted by molar-refractivity contribution is -0.128. The molecule has 43 heavy (non-hydrogen) atoms. The molecular weight excluding hydrogens is 568 g/mol. The van der Waals surface area contributed by atoms with E-state index in [-0.39, 0.29) is 30.4 Å². The van der Waals surface area contributed by atoms with Crippen LogP contribution < -0.4 is 26.4 Å². The van der Waals surface area contributed by atoms with Crippen LogP contribution in [0.5, 0.6) is 5.75 Å². The summed E-state index contributed by atoms with van der Waals surface area (Å²) in [5.41, 5.74) is 12.3. The molecule has 0 radical (unpaired) electrons. The Balaban J connectivity index is 0.00000423. The summed E-state index contributed by atoms with van der Waals surface area (Å²) in [4.78, 5) is 32.3. The first-order chi connectivity index (χ1) is 20.4. The van der Waals surface area contributed by atoms with Crippen LogP contribution in [0, 0.1) is 11.3 Å². The summed E-state index contributed by atoms with van der Waals surface area (Å²) < 4.78 is 7.56. The number of ether oxygens (including phenoxy) is 1. The minimum absolute atomic E-state index is 0. The number of nitrogens with zero attached hydrogens (tertiary/aromatic N) is 4. The molecule has 0 aliphatic carbocycles. The number of halogens is 1. The van der Waals surface area contributed by atoms with E-state index in [0.717, 1.165) is 42.6 Å². The third-order valence-electron chi connectivity index (χ3n) is 7.44. The van der Waals surface area contributed by atoms with Gasteiger partial charge in [0.25, 0.3) is 5.56 Å². The summed E-state index contributed by atoms with van der Waals surface area (Å²) in [5.74, 6) is 0.753. The minimum Gasteiger partial charge on any atom is -0.489 e.